The van der Waals surface area contributed by atoms with Crippen molar-refractivity contribution in [3.63, 3.8) is 0 Å². The molecule has 4 atom stereocenters. The molecule has 39 heavy (non-hydrogen) atoms. The van der Waals surface area contributed by atoms with Gasteiger partial charge in [0.25, 0.3) is 0 Å². The van der Waals surface area contributed by atoms with E-state index in [1.807, 2.05) is 18.7 Å². The molecule has 1 amide bonds. The Morgan fingerprint density at radius 3 is 2.69 bits per heavy atom. The molecule has 3 fully saturated rings. The summed E-state index contributed by atoms with van der Waals surface area (Å²) in [5, 5.41) is 9.15. The lowest BCUT2D eigenvalue weighted by Crippen LogP contribution is -2.37. The fourth-order valence-corrected chi connectivity index (χ4v) is 6.23. The number of nitrogens with one attached hydrogen (secondary N) is 3. The van der Waals surface area contributed by atoms with Crippen LogP contribution in [0.5, 0.6) is 0 Å². The van der Waals surface area contributed by atoms with Crippen LogP contribution < -0.4 is 20.9 Å². The number of hydrogen-bond acceptors (Lipinski definition) is 6. The molecule has 11 heteroatoms. The minimum Gasteiger partial charge on any atom is -0.368 e. The summed E-state index contributed by atoms with van der Waals surface area (Å²) < 4.78 is 56.8. The molecule has 0 bridgehead atoms. The summed E-state index contributed by atoms with van der Waals surface area (Å²) in [5.41, 5.74) is -0.0395. The van der Waals surface area contributed by atoms with E-state index in [0.29, 0.717) is 24.3 Å². The predicted octanol–water partition coefficient (Wildman–Crippen LogP) is 5.22. The molecule has 212 valence electrons. The van der Waals surface area contributed by atoms with E-state index in [2.05, 4.69) is 25.9 Å². The monoisotopic (exact) mass is 548 g/mol. The average molecular weight is 549 g/mol. The van der Waals surface area contributed by atoms with Crippen LogP contribution in [-0.2, 0) is 11.0 Å². The fourth-order valence-electron chi connectivity index (χ4n) is 6.23. The average Bonchev–Trinajstić information content (AvgIpc) is 3.58. The van der Waals surface area contributed by atoms with Crippen molar-refractivity contribution < 1.29 is 22.4 Å². The maximum Gasteiger partial charge on any atom is 0.419 e. The highest BCUT2D eigenvalue weighted by atomic mass is 19.4. The number of benzene rings is 1. The molecule has 3 aliphatic rings. The third-order valence-corrected chi connectivity index (χ3v) is 8.09. The molecule has 0 spiro atoms. The van der Waals surface area contributed by atoms with Gasteiger partial charge in [0.1, 0.15) is 5.82 Å². The van der Waals surface area contributed by atoms with Crippen molar-refractivity contribution in [1.82, 2.24) is 20.6 Å². The van der Waals surface area contributed by atoms with Crippen molar-refractivity contribution in [2.45, 2.75) is 64.1 Å². The van der Waals surface area contributed by atoms with E-state index in [0.717, 1.165) is 51.5 Å². The van der Waals surface area contributed by atoms with E-state index < -0.39 is 23.5 Å². The lowest BCUT2D eigenvalue weighted by atomic mass is 9.88. The smallest absolute Gasteiger partial charge is 0.368 e. The summed E-state index contributed by atoms with van der Waals surface area (Å²) in [6.07, 6.45) is 0.158. The van der Waals surface area contributed by atoms with Gasteiger partial charge in [0.05, 0.1) is 16.9 Å². The Morgan fingerprint density at radius 2 is 1.95 bits per heavy atom. The van der Waals surface area contributed by atoms with Crippen molar-refractivity contribution in [2.24, 2.45) is 17.8 Å². The third kappa shape index (κ3) is 6.28. The molecule has 2 aromatic rings. The molecule has 1 aromatic carbocycles. The number of amides is 1. The van der Waals surface area contributed by atoms with Gasteiger partial charge in [-0.25, -0.2) is 14.4 Å². The Kier molecular flexibility index (Phi) is 7.98. The Hall–Kier alpha value is -2.95. The lowest BCUT2D eigenvalue weighted by Gasteiger charge is -2.23. The van der Waals surface area contributed by atoms with Crippen LogP contribution in [0.4, 0.5) is 34.9 Å². The second-order valence-electron chi connectivity index (χ2n) is 11.2. The van der Waals surface area contributed by atoms with Gasteiger partial charge in [-0.1, -0.05) is 6.42 Å². The molecule has 3 unspecified atom stereocenters. The summed E-state index contributed by atoms with van der Waals surface area (Å²) in [7, 11) is 0. The molecule has 1 saturated heterocycles. The van der Waals surface area contributed by atoms with Gasteiger partial charge in [-0.15, -0.1) is 0 Å². The minimum absolute atomic E-state index is 0.00436. The summed E-state index contributed by atoms with van der Waals surface area (Å²) in [5.74, 6) is -0.994. The molecule has 1 aromatic heterocycles. The first-order valence-electron chi connectivity index (χ1n) is 13.9. The summed E-state index contributed by atoms with van der Waals surface area (Å²) in [6.45, 7) is 6.90. The van der Waals surface area contributed by atoms with Crippen molar-refractivity contribution in [2.75, 3.05) is 36.4 Å². The molecule has 2 aliphatic carbocycles. The van der Waals surface area contributed by atoms with E-state index in [1.165, 1.54) is 6.07 Å². The van der Waals surface area contributed by atoms with E-state index in [4.69, 9.17) is 0 Å². The zero-order valence-electron chi connectivity index (χ0n) is 22.3. The summed E-state index contributed by atoms with van der Waals surface area (Å²) in [4.78, 5) is 22.9. The Bertz CT molecular complexity index is 1180. The van der Waals surface area contributed by atoms with Gasteiger partial charge in [0.2, 0.25) is 11.9 Å². The number of nitrogens with zero attached hydrogens (tertiary/aromatic N) is 3. The van der Waals surface area contributed by atoms with Gasteiger partial charge in [-0.2, -0.15) is 13.2 Å². The third-order valence-electron chi connectivity index (χ3n) is 8.09. The van der Waals surface area contributed by atoms with Crippen LogP contribution in [0.3, 0.4) is 0 Å². The lowest BCUT2D eigenvalue weighted by molar-refractivity contribution is -0.138. The van der Waals surface area contributed by atoms with Crippen molar-refractivity contribution in [3.8, 4) is 0 Å². The van der Waals surface area contributed by atoms with Crippen molar-refractivity contribution in [1.29, 1.82) is 0 Å². The highest BCUT2D eigenvalue weighted by Crippen LogP contribution is 2.58. The van der Waals surface area contributed by atoms with Gasteiger partial charge in [0.15, 0.2) is 0 Å². The van der Waals surface area contributed by atoms with Gasteiger partial charge < -0.3 is 20.9 Å². The van der Waals surface area contributed by atoms with Gasteiger partial charge in [0, 0.05) is 49.4 Å². The largest absolute Gasteiger partial charge is 0.419 e. The Labute approximate surface area is 226 Å². The highest BCUT2D eigenvalue weighted by Gasteiger charge is 2.53. The summed E-state index contributed by atoms with van der Waals surface area (Å²) in [6, 6.07) is 4.70. The van der Waals surface area contributed by atoms with E-state index in [-0.39, 0.29) is 41.3 Å². The first kappa shape index (κ1) is 27.6. The molecule has 3 N–H and O–H groups in total. The number of rotatable bonds is 7. The summed E-state index contributed by atoms with van der Waals surface area (Å²) >= 11 is 0. The molecule has 0 radical (unpaired) electrons. The highest BCUT2D eigenvalue weighted by molar-refractivity contribution is 5.79. The minimum atomic E-state index is -4.60. The number of hydrogen-bond donors (Lipinski definition) is 3. The first-order valence-corrected chi connectivity index (χ1v) is 13.9. The fraction of sp³-hybridized carbons (Fsp3) is 0.607. The van der Waals surface area contributed by atoms with Crippen LogP contribution in [0.15, 0.2) is 24.4 Å². The van der Waals surface area contributed by atoms with Crippen LogP contribution in [-0.4, -0.2) is 48.1 Å². The van der Waals surface area contributed by atoms with Gasteiger partial charge >= 0.3 is 6.18 Å². The second-order valence-corrected chi connectivity index (χ2v) is 11.2. The molecule has 7 nitrogen and oxygen atoms in total. The predicted molar refractivity (Wildman–Crippen MR) is 141 cm³/mol. The molecule has 5 rings (SSSR count). The number of anilines is 3. The second kappa shape index (κ2) is 11.3. The van der Waals surface area contributed by atoms with E-state index >= 15 is 0 Å². The number of carbonyl (C=O) groups is 1. The zero-order chi connectivity index (χ0) is 27.7. The zero-order valence-corrected chi connectivity index (χ0v) is 22.3. The van der Waals surface area contributed by atoms with Crippen LogP contribution in [0, 0.1) is 23.6 Å². The number of halogens is 4. The van der Waals surface area contributed by atoms with Crippen LogP contribution in [0.2, 0.25) is 0 Å². The number of aromatic nitrogens is 2. The van der Waals surface area contributed by atoms with Crippen molar-refractivity contribution in [3.05, 3.63) is 41.5 Å². The first-order chi connectivity index (χ1) is 18.6. The van der Waals surface area contributed by atoms with Gasteiger partial charge in [-0.05, 0) is 76.1 Å². The van der Waals surface area contributed by atoms with Gasteiger partial charge in [-0.3, -0.25) is 4.79 Å². The Balaban J connectivity index is 1.34. The normalized spacial score (nSPS) is 25.5. The number of carbonyl (C=O) groups excluding carboxylic acids is 1. The quantitative estimate of drug-likeness (QED) is 0.412. The van der Waals surface area contributed by atoms with Crippen LogP contribution in [0.25, 0.3) is 0 Å². The van der Waals surface area contributed by atoms with Crippen LogP contribution >= 0.6 is 0 Å². The Morgan fingerprint density at radius 1 is 1.13 bits per heavy atom. The SMILES string of the molecule is CC(C)NC(=O)[C@H]1CCCC1C1CC1c1nc(Nc2ccc(N3CCCNCC3)c(F)c2)ncc1C(F)(F)F. The molecule has 2 saturated carbocycles. The van der Waals surface area contributed by atoms with Crippen molar-refractivity contribution >= 4 is 23.2 Å². The van der Waals surface area contributed by atoms with E-state index in [1.54, 1.807) is 12.1 Å². The topological polar surface area (TPSA) is 82.2 Å². The molecule has 2 heterocycles. The van der Waals surface area contributed by atoms with Crippen LogP contribution in [0.1, 0.15) is 63.1 Å². The molecular weight excluding hydrogens is 512 g/mol. The molecule has 1 aliphatic heterocycles. The number of alkyl halides is 3. The maximum absolute atomic E-state index is 15.0. The maximum atomic E-state index is 15.0. The molecular formula is C28H36F4N6O. The standard InChI is InChI=1S/C28H36F4N6O/c1-16(2)35-26(39)19-6-3-5-18(19)20-14-21(20)25-22(28(30,31)32)15-34-27(37-25)36-17-7-8-24(23(29)13-17)38-11-4-9-33-10-12-38/h7-8,13,15-16,18-21,33H,3-6,9-12,14H2,1-2H3,(H,35,39)(H,34,36,37)/t18?,19-,20?,21?/m0/s1. The van der Waals surface area contributed by atoms with E-state index in [9.17, 15) is 22.4 Å².